The number of hydrogen-bond acceptors (Lipinski definition) is 5. The summed E-state index contributed by atoms with van der Waals surface area (Å²) in [6, 6.07) is 17.6. The average Bonchev–Trinajstić information content (AvgIpc) is 3.24. The van der Waals surface area contributed by atoms with Gasteiger partial charge in [-0.25, -0.2) is 13.4 Å². The minimum atomic E-state index is -3.63. The van der Waals surface area contributed by atoms with Crippen LogP contribution in [0, 0.1) is 0 Å². The predicted molar refractivity (Wildman–Crippen MR) is 116 cm³/mol. The van der Waals surface area contributed by atoms with Crippen LogP contribution in [0.4, 0.5) is 0 Å². The van der Waals surface area contributed by atoms with Crippen LogP contribution in [-0.4, -0.2) is 66.3 Å². The number of H-pyrrole nitrogens is 1. The zero-order valence-corrected chi connectivity index (χ0v) is 17.8. The Labute approximate surface area is 181 Å². The van der Waals surface area contributed by atoms with Crippen molar-refractivity contribution in [1.82, 2.24) is 19.2 Å². The lowest BCUT2D eigenvalue weighted by Crippen LogP contribution is -2.39. The minimum Gasteiger partial charge on any atom is -0.484 e. The molecule has 0 bridgehead atoms. The van der Waals surface area contributed by atoms with Gasteiger partial charge in [-0.1, -0.05) is 42.5 Å². The molecule has 1 aliphatic rings. The quantitative estimate of drug-likeness (QED) is 0.635. The van der Waals surface area contributed by atoms with Gasteiger partial charge in [0.15, 0.2) is 11.6 Å². The third-order valence-electron chi connectivity index (χ3n) is 5.22. The fraction of sp³-hybridized carbons (Fsp3) is 0.273. The van der Waals surface area contributed by atoms with Crippen molar-refractivity contribution in [2.75, 3.05) is 32.8 Å². The molecule has 1 saturated heterocycles. The molecule has 0 radical (unpaired) electrons. The number of imidazole rings is 1. The van der Waals surface area contributed by atoms with Gasteiger partial charge in [-0.15, -0.1) is 0 Å². The molecule has 1 N–H and O–H groups in total. The van der Waals surface area contributed by atoms with Crippen molar-refractivity contribution in [3.63, 3.8) is 0 Å². The monoisotopic (exact) mass is 440 g/mol. The van der Waals surface area contributed by atoms with Crippen molar-refractivity contribution in [3.8, 4) is 16.9 Å². The summed E-state index contributed by atoms with van der Waals surface area (Å²) in [5.74, 6) is 0.458. The smallest absolute Gasteiger partial charge is 0.260 e. The summed E-state index contributed by atoms with van der Waals surface area (Å²) in [7, 11) is -3.63. The third-order valence-corrected chi connectivity index (χ3v) is 7.05. The van der Waals surface area contributed by atoms with Crippen LogP contribution in [0.15, 0.2) is 72.1 Å². The molecule has 2 heterocycles. The topological polar surface area (TPSA) is 95.6 Å². The van der Waals surface area contributed by atoms with Gasteiger partial charge >= 0.3 is 0 Å². The van der Waals surface area contributed by atoms with E-state index in [-0.39, 0.29) is 24.1 Å². The molecule has 4 rings (SSSR count). The molecule has 3 aromatic rings. The van der Waals surface area contributed by atoms with Crippen LogP contribution in [0.3, 0.4) is 0 Å². The second-order valence-corrected chi connectivity index (χ2v) is 9.14. The number of rotatable bonds is 6. The molecule has 162 valence electrons. The maximum atomic E-state index is 12.6. The van der Waals surface area contributed by atoms with Gasteiger partial charge in [0.05, 0.1) is 12.5 Å². The van der Waals surface area contributed by atoms with Gasteiger partial charge < -0.3 is 14.6 Å². The molecule has 1 amide bonds. The molecule has 1 fully saturated rings. The second kappa shape index (κ2) is 9.32. The van der Waals surface area contributed by atoms with Crippen LogP contribution in [0.2, 0.25) is 0 Å². The Balaban J connectivity index is 1.31. The molecule has 1 aromatic heterocycles. The normalized spacial score (nSPS) is 15.4. The Morgan fingerprint density at radius 3 is 2.42 bits per heavy atom. The van der Waals surface area contributed by atoms with E-state index < -0.39 is 10.0 Å². The zero-order chi connectivity index (χ0) is 21.7. The molecule has 8 nitrogen and oxygen atoms in total. The molecule has 0 aliphatic carbocycles. The second-order valence-electron chi connectivity index (χ2n) is 7.23. The lowest BCUT2D eigenvalue weighted by molar-refractivity contribution is -0.133. The highest BCUT2D eigenvalue weighted by molar-refractivity contribution is 7.89. The van der Waals surface area contributed by atoms with E-state index in [0.29, 0.717) is 31.8 Å². The van der Waals surface area contributed by atoms with Gasteiger partial charge in [0, 0.05) is 26.2 Å². The minimum absolute atomic E-state index is 0.0644. The highest BCUT2D eigenvalue weighted by atomic mass is 32.2. The maximum absolute atomic E-state index is 12.6. The van der Waals surface area contributed by atoms with Crippen LogP contribution in [0.25, 0.3) is 11.1 Å². The molecule has 0 atom stereocenters. The number of benzene rings is 2. The van der Waals surface area contributed by atoms with Crippen LogP contribution in [0.1, 0.15) is 6.42 Å². The van der Waals surface area contributed by atoms with Gasteiger partial charge in [0.1, 0.15) is 5.75 Å². The molecular weight excluding hydrogens is 416 g/mol. The predicted octanol–water partition coefficient (Wildman–Crippen LogP) is 2.38. The first-order chi connectivity index (χ1) is 15.0. The summed E-state index contributed by atoms with van der Waals surface area (Å²) < 4.78 is 32.3. The molecule has 0 spiro atoms. The maximum Gasteiger partial charge on any atom is 0.260 e. The number of sulfonamides is 1. The number of ether oxygens (including phenoxy) is 1. The van der Waals surface area contributed by atoms with Crippen molar-refractivity contribution < 1.29 is 17.9 Å². The Kier molecular flexibility index (Phi) is 6.34. The average molecular weight is 441 g/mol. The fourth-order valence-corrected chi connectivity index (χ4v) is 4.88. The van der Waals surface area contributed by atoms with Gasteiger partial charge in [-0.2, -0.15) is 4.31 Å². The SMILES string of the molecule is O=C(COc1ccc(-c2ccccc2)cc1)N1CCCN(S(=O)(=O)c2cnc[nH]2)CC1. The van der Waals surface area contributed by atoms with Gasteiger partial charge in [0.2, 0.25) is 0 Å². The van der Waals surface area contributed by atoms with Crippen LogP contribution in [-0.2, 0) is 14.8 Å². The standard InChI is InChI=1S/C22H24N4O4S/c27-22(16-30-20-9-7-19(8-10-20)18-5-2-1-3-6-18)25-11-4-12-26(14-13-25)31(28,29)21-15-23-17-24-21/h1-3,5-10,15,17H,4,11-14,16H2,(H,23,24). The summed E-state index contributed by atoms with van der Waals surface area (Å²) in [6.07, 6.45) is 3.19. The van der Waals surface area contributed by atoms with E-state index >= 15 is 0 Å². The molecule has 31 heavy (non-hydrogen) atoms. The number of amides is 1. The molecule has 1 aliphatic heterocycles. The Bertz CT molecular complexity index is 1100. The van der Waals surface area contributed by atoms with Crippen LogP contribution in [0.5, 0.6) is 5.75 Å². The first-order valence-corrected chi connectivity index (χ1v) is 11.5. The summed E-state index contributed by atoms with van der Waals surface area (Å²) >= 11 is 0. The molecular formula is C22H24N4O4S. The number of nitrogens with zero attached hydrogens (tertiary/aromatic N) is 3. The van der Waals surface area contributed by atoms with E-state index in [2.05, 4.69) is 9.97 Å². The summed E-state index contributed by atoms with van der Waals surface area (Å²) in [5, 5.41) is 0.0644. The van der Waals surface area contributed by atoms with E-state index in [1.807, 2.05) is 54.6 Å². The van der Waals surface area contributed by atoms with E-state index in [1.165, 1.54) is 16.8 Å². The van der Waals surface area contributed by atoms with Gasteiger partial charge in [-0.3, -0.25) is 4.79 Å². The van der Waals surface area contributed by atoms with E-state index in [9.17, 15) is 13.2 Å². The van der Waals surface area contributed by atoms with Crippen LogP contribution < -0.4 is 4.74 Å². The number of carbonyl (C=O) groups excluding carboxylic acids is 1. The zero-order valence-electron chi connectivity index (χ0n) is 17.0. The van der Waals surface area contributed by atoms with E-state index in [0.717, 1.165) is 11.1 Å². The number of hydrogen-bond donors (Lipinski definition) is 1. The van der Waals surface area contributed by atoms with Crippen molar-refractivity contribution in [2.24, 2.45) is 0 Å². The summed E-state index contributed by atoms with van der Waals surface area (Å²) in [5.41, 5.74) is 2.19. The highest BCUT2D eigenvalue weighted by Crippen LogP contribution is 2.22. The Morgan fingerprint density at radius 1 is 0.968 bits per heavy atom. The number of nitrogens with one attached hydrogen (secondary N) is 1. The van der Waals surface area contributed by atoms with E-state index in [4.69, 9.17) is 4.74 Å². The van der Waals surface area contributed by atoms with Gasteiger partial charge in [0.25, 0.3) is 15.9 Å². The molecule has 9 heteroatoms. The lowest BCUT2D eigenvalue weighted by atomic mass is 10.1. The molecule has 0 saturated carbocycles. The highest BCUT2D eigenvalue weighted by Gasteiger charge is 2.29. The van der Waals surface area contributed by atoms with Crippen molar-refractivity contribution in [1.29, 1.82) is 0 Å². The first kappa shape index (κ1) is 21.1. The first-order valence-electron chi connectivity index (χ1n) is 10.1. The number of carbonyl (C=O) groups is 1. The van der Waals surface area contributed by atoms with Gasteiger partial charge in [-0.05, 0) is 29.7 Å². The van der Waals surface area contributed by atoms with E-state index in [1.54, 1.807) is 4.90 Å². The fourth-order valence-electron chi connectivity index (χ4n) is 3.52. The Hall–Kier alpha value is -3.17. The molecule has 2 aromatic carbocycles. The van der Waals surface area contributed by atoms with Crippen molar-refractivity contribution >= 4 is 15.9 Å². The number of aromatic nitrogens is 2. The number of aromatic amines is 1. The van der Waals surface area contributed by atoms with Crippen molar-refractivity contribution in [3.05, 3.63) is 67.1 Å². The largest absolute Gasteiger partial charge is 0.484 e. The summed E-state index contributed by atoms with van der Waals surface area (Å²) in [6.45, 7) is 1.32. The third kappa shape index (κ3) is 4.95. The summed E-state index contributed by atoms with van der Waals surface area (Å²) in [4.78, 5) is 20.7. The Morgan fingerprint density at radius 2 is 1.71 bits per heavy atom. The van der Waals surface area contributed by atoms with Crippen LogP contribution >= 0.6 is 0 Å². The lowest BCUT2D eigenvalue weighted by Gasteiger charge is -2.21. The van der Waals surface area contributed by atoms with Crippen molar-refractivity contribution in [2.45, 2.75) is 11.4 Å². The molecule has 0 unspecified atom stereocenters.